The summed E-state index contributed by atoms with van der Waals surface area (Å²) in [5, 5.41) is 9.16. The molecule has 0 aromatic carbocycles. The third kappa shape index (κ3) is 15.4. The van der Waals surface area contributed by atoms with Gasteiger partial charge in [-0.05, 0) is 32.6 Å². The minimum absolute atomic E-state index is 0.154. The SMILES string of the molecule is CCCCCCCCCCCCCCCCC(CCO)C(C)(C)N. The largest absolute Gasteiger partial charge is 0.396 e. The molecule has 0 radical (unpaired) electrons. The molecule has 0 fully saturated rings. The van der Waals surface area contributed by atoms with E-state index in [4.69, 9.17) is 10.8 Å². The van der Waals surface area contributed by atoms with Crippen molar-refractivity contribution in [3.8, 4) is 0 Å². The van der Waals surface area contributed by atoms with Crippen LogP contribution in [0.25, 0.3) is 0 Å². The first-order chi connectivity index (χ1) is 11.5. The summed E-state index contributed by atoms with van der Waals surface area (Å²) >= 11 is 0. The molecule has 1 atom stereocenters. The van der Waals surface area contributed by atoms with Crippen molar-refractivity contribution in [2.24, 2.45) is 11.7 Å². The predicted molar refractivity (Wildman–Crippen MR) is 108 cm³/mol. The molecule has 2 nitrogen and oxygen atoms in total. The van der Waals surface area contributed by atoms with E-state index in [9.17, 15) is 0 Å². The van der Waals surface area contributed by atoms with Crippen molar-refractivity contribution >= 4 is 0 Å². The zero-order valence-corrected chi connectivity index (χ0v) is 17.1. The van der Waals surface area contributed by atoms with Crippen LogP contribution < -0.4 is 5.73 Å². The Labute approximate surface area is 153 Å². The van der Waals surface area contributed by atoms with E-state index in [1.165, 1.54) is 96.3 Å². The van der Waals surface area contributed by atoms with Crippen molar-refractivity contribution in [3.63, 3.8) is 0 Å². The predicted octanol–water partition coefficient (Wildman–Crippen LogP) is 6.59. The summed E-state index contributed by atoms with van der Waals surface area (Å²) in [6.07, 6.45) is 21.7. The highest BCUT2D eigenvalue weighted by molar-refractivity contribution is 4.81. The van der Waals surface area contributed by atoms with Gasteiger partial charge in [-0.3, -0.25) is 0 Å². The van der Waals surface area contributed by atoms with Gasteiger partial charge in [-0.1, -0.05) is 96.8 Å². The van der Waals surface area contributed by atoms with E-state index in [1.54, 1.807) is 0 Å². The van der Waals surface area contributed by atoms with Crippen LogP contribution in [-0.2, 0) is 0 Å². The standard InChI is InChI=1S/C22H47NO/c1-4-5-6-7-8-9-10-11-12-13-14-15-16-17-18-21(19-20-24)22(2,3)23/h21,24H,4-20,23H2,1-3H3. The molecular formula is C22H47NO. The zero-order valence-electron chi connectivity index (χ0n) is 17.1. The topological polar surface area (TPSA) is 46.2 Å². The third-order valence-electron chi connectivity index (χ3n) is 5.44. The van der Waals surface area contributed by atoms with E-state index < -0.39 is 0 Å². The minimum Gasteiger partial charge on any atom is -0.396 e. The van der Waals surface area contributed by atoms with Crippen molar-refractivity contribution in [1.82, 2.24) is 0 Å². The number of hydrogen-bond acceptors (Lipinski definition) is 2. The van der Waals surface area contributed by atoms with Crippen molar-refractivity contribution in [2.75, 3.05) is 6.61 Å². The first-order valence-electron chi connectivity index (χ1n) is 10.9. The monoisotopic (exact) mass is 341 g/mol. The van der Waals surface area contributed by atoms with Crippen LogP contribution in [0, 0.1) is 5.92 Å². The van der Waals surface area contributed by atoms with Crippen LogP contribution in [0.4, 0.5) is 0 Å². The second-order valence-corrected chi connectivity index (χ2v) is 8.42. The van der Waals surface area contributed by atoms with Gasteiger partial charge in [0, 0.05) is 12.1 Å². The number of aliphatic hydroxyl groups excluding tert-OH is 1. The Hall–Kier alpha value is -0.0800. The van der Waals surface area contributed by atoms with Gasteiger partial charge in [-0.25, -0.2) is 0 Å². The molecule has 0 saturated heterocycles. The summed E-state index contributed by atoms with van der Waals surface area (Å²) in [4.78, 5) is 0. The Kier molecular flexibility index (Phi) is 16.3. The minimum atomic E-state index is -0.154. The molecule has 0 aromatic heterocycles. The Balaban J connectivity index is 3.30. The van der Waals surface area contributed by atoms with Crippen LogP contribution in [0.3, 0.4) is 0 Å². The van der Waals surface area contributed by atoms with Crippen LogP contribution in [-0.4, -0.2) is 17.3 Å². The molecule has 0 aliphatic rings. The van der Waals surface area contributed by atoms with Gasteiger partial charge in [0.05, 0.1) is 0 Å². The number of rotatable bonds is 18. The van der Waals surface area contributed by atoms with Crippen LogP contribution in [0.2, 0.25) is 0 Å². The molecule has 1 unspecified atom stereocenters. The molecule has 0 aliphatic carbocycles. The Morgan fingerprint density at radius 2 is 1.04 bits per heavy atom. The summed E-state index contributed by atoms with van der Waals surface area (Å²) in [5.74, 6) is 0.458. The summed E-state index contributed by atoms with van der Waals surface area (Å²) < 4.78 is 0. The van der Waals surface area contributed by atoms with Gasteiger partial charge in [-0.2, -0.15) is 0 Å². The van der Waals surface area contributed by atoms with E-state index in [0.717, 1.165) is 6.42 Å². The quantitative estimate of drug-likeness (QED) is 0.276. The summed E-state index contributed by atoms with van der Waals surface area (Å²) in [6, 6.07) is 0. The molecule has 0 amide bonds. The van der Waals surface area contributed by atoms with Crippen LogP contribution in [0.15, 0.2) is 0 Å². The molecule has 0 aromatic rings. The lowest BCUT2D eigenvalue weighted by Gasteiger charge is -2.30. The highest BCUT2D eigenvalue weighted by Crippen LogP contribution is 2.24. The Morgan fingerprint density at radius 3 is 1.38 bits per heavy atom. The Bertz CT molecular complexity index is 247. The second-order valence-electron chi connectivity index (χ2n) is 8.42. The molecule has 2 heteroatoms. The fourth-order valence-corrected chi connectivity index (χ4v) is 3.63. The average molecular weight is 342 g/mol. The zero-order chi connectivity index (χ0) is 18.1. The normalized spacial score (nSPS) is 13.4. The van der Waals surface area contributed by atoms with Crippen LogP contribution in [0.5, 0.6) is 0 Å². The smallest absolute Gasteiger partial charge is 0.0434 e. The summed E-state index contributed by atoms with van der Waals surface area (Å²) in [5.41, 5.74) is 6.06. The maximum atomic E-state index is 9.16. The van der Waals surface area contributed by atoms with Gasteiger partial charge in [-0.15, -0.1) is 0 Å². The van der Waals surface area contributed by atoms with Gasteiger partial charge >= 0.3 is 0 Å². The van der Waals surface area contributed by atoms with E-state index in [1.807, 2.05) is 0 Å². The number of unbranched alkanes of at least 4 members (excludes halogenated alkanes) is 13. The molecule has 0 saturated carbocycles. The molecule has 0 aliphatic heterocycles. The molecular weight excluding hydrogens is 294 g/mol. The van der Waals surface area contributed by atoms with E-state index in [-0.39, 0.29) is 12.1 Å². The Morgan fingerprint density at radius 1 is 0.667 bits per heavy atom. The lowest BCUT2D eigenvalue weighted by molar-refractivity contribution is 0.201. The molecule has 0 spiro atoms. The third-order valence-corrected chi connectivity index (χ3v) is 5.44. The second kappa shape index (κ2) is 16.4. The van der Waals surface area contributed by atoms with E-state index in [2.05, 4.69) is 20.8 Å². The summed E-state index contributed by atoms with van der Waals surface area (Å²) in [7, 11) is 0. The highest BCUT2D eigenvalue weighted by Gasteiger charge is 2.23. The lowest BCUT2D eigenvalue weighted by atomic mass is 9.82. The van der Waals surface area contributed by atoms with Gasteiger partial charge < -0.3 is 10.8 Å². The van der Waals surface area contributed by atoms with Crippen LogP contribution >= 0.6 is 0 Å². The van der Waals surface area contributed by atoms with Gasteiger partial charge in [0.2, 0.25) is 0 Å². The van der Waals surface area contributed by atoms with Gasteiger partial charge in [0.15, 0.2) is 0 Å². The first kappa shape index (κ1) is 23.9. The van der Waals surface area contributed by atoms with Crippen molar-refractivity contribution in [3.05, 3.63) is 0 Å². The van der Waals surface area contributed by atoms with E-state index >= 15 is 0 Å². The number of aliphatic hydroxyl groups is 1. The fourth-order valence-electron chi connectivity index (χ4n) is 3.63. The lowest BCUT2D eigenvalue weighted by Crippen LogP contribution is -2.41. The number of hydrogen-bond donors (Lipinski definition) is 2. The maximum Gasteiger partial charge on any atom is 0.0434 e. The van der Waals surface area contributed by atoms with Crippen LogP contribution in [0.1, 0.15) is 124 Å². The van der Waals surface area contributed by atoms with Crippen molar-refractivity contribution in [2.45, 2.75) is 129 Å². The maximum absolute atomic E-state index is 9.16. The highest BCUT2D eigenvalue weighted by atomic mass is 16.3. The number of nitrogens with two attached hydrogens (primary N) is 1. The van der Waals surface area contributed by atoms with Gasteiger partial charge in [0.25, 0.3) is 0 Å². The van der Waals surface area contributed by atoms with Crippen molar-refractivity contribution < 1.29 is 5.11 Å². The molecule has 3 N–H and O–H groups in total. The molecule has 0 rings (SSSR count). The molecule has 0 heterocycles. The van der Waals surface area contributed by atoms with E-state index in [0.29, 0.717) is 5.92 Å². The van der Waals surface area contributed by atoms with Crippen molar-refractivity contribution in [1.29, 1.82) is 0 Å². The molecule has 24 heavy (non-hydrogen) atoms. The van der Waals surface area contributed by atoms with Gasteiger partial charge in [0.1, 0.15) is 0 Å². The first-order valence-corrected chi connectivity index (χ1v) is 10.9. The molecule has 146 valence electrons. The average Bonchev–Trinajstić information content (AvgIpc) is 2.53. The fraction of sp³-hybridized carbons (Fsp3) is 1.00. The molecule has 0 bridgehead atoms. The summed E-state index contributed by atoms with van der Waals surface area (Å²) in [6.45, 7) is 6.74.